The van der Waals surface area contributed by atoms with Crippen molar-refractivity contribution in [1.82, 2.24) is 4.98 Å². The van der Waals surface area contributed by atoms with Crippen molar-refractivity contribution in [3.05, 3.63) is 20.9 Å². The molecular weight excluding hydrogens is 310 g/mol. The maximum absolute atomic E-state index is 10.9. The van der Waals surface area contributed by atoms with Crippen LogP contribution in [0.15, 0.2) is 19.6 Å². The topological polar surface area (TPSA) is 72.6 Å². The summed E-state index contributed by atoms with van der Waals surface area (Å²) in [6.07, 6.45) is 0. The number of ether oxygens (including phenoxy) is 1. The largest absolute Gasteiger partial charge is 0.476 e. The van der Waals surface area contributed by atoms with Crippen LogP contribution in [-0.2, 0) is 0 Å². The molecule has 17 heavy (non-hydrogen) atoms. The Morgan fingerprint density at radius 1 is 1.71 bits per heavy atom. The van der Waals surface area contributed by atoms with E-state index in [1.165, 1.54) is 11.3 Å². The summed E-state index contributed by atoms with van der Waals surface area (Å²) in [6.45, 7) is 2.07. The second kappa shape index (κ2) is 4.89. The molecule has 0 unspecified atom stereocenters. The SMILES string of the molecule is CCOc1oc(-c2csc(Br)c2)nc1C(=O)O. The van der Waals surface area contributed by atoms with Crippen molar-refractivity contribution in [2.45, 2.75) is 6.92 Å². The molecule has 0 saturated heterocycles. The van der Waals surface area contributed by atoms with Gasteiger partial charge in [-0.15, -0.1) is 11.3 Å². The normalized spacial score (nSPS) is 10.5. The van der Waals surface area contributed by atoms with Crippen molar-refractivity contribution in [1.29, 1.82) is 0 Å². The maximum atomic E-state index is 10.9. The molecule has 0 saturated carbocycles. The second-order valence-electron chi connectivity index (χ2n) is 3.03. The number of carboxylic acids is 1. The number of aromatic carboxylic acids is 1. The van der Waals surface area contributed by atoms with Gasteiger partial charge in [-0.3, -0.25) is 0 Å². The van der Waals surface area contributed by atoms with Gasteiger partial charge in [-0.05, 0) is 28.9 Å². The van der Waals surface area contributed by atoms with E-state index in [4.69, 9.17) is 14.3 Å². The molecule has 0 aliphatic heterocycles. The van der Waals surface area contributed by atoms with E-state index in [2.05, 4.69) is 20.9 Å². The summed E-state index contributed by atoms with van der Waals surface area (Å²) < 4.78 is 11.3. The Balaban J connectivity index is 2.43. The molecule has 90 valence electrons. The second-order valence-corrected chi connectivity index (χ2v) is 5.32. The predicted octanol–water partition coefficient (Wildman–Crippen LogP) is 3.26. The van der Waals surface area contributed by atoms with E-state index in [0.29, 0.717) is 6.61 Å². The average molecular weight is 318 g/mol. The minimum absolute atomic E-state index is 0.0580. The zero-order chi connectivity index (χ0) is 12.4. The number of halogens is 1. The van der Waals surface area contributed by atoms with Crippen LogP contribution in [0, 0.1) is 0 Å². The standard InChI is InChI=1S/C10H8BrNO4S/c1-2-15-10-7(9(13)14)12-8(16-10)5-3-6(11)17-4-5/h3-4H,2H2,1H3,(H,13,14). The van der Waals surface area contributed by atoms with Gasteiger partial charge in [-0.1, -0.05) is 0 Å². The highest BCUT2D eigenvalue weighted by Crippen LogP contribution is 2.32. The number of carbonyl (C=O) groups is 1. The first-order valence-electron chi connectivity index (χ1n) is 4.73. The third-order valence-electron chi connectivity index (χ3n) is 1.89. The van der Waals surface area contributed by atoms with Gasteiger partial charge in [0.15, 0.2) is 0 Å². The monoisotopic (exact) mass is 317 g/mol. The Morgan fingerprint density at radius 2 is 2.47 bits per heavy atom. The summed E-state index contributed by atoms with van der Waals surface area (Å²) in [4.78, 5) is 14.8. The molecule has 0 amide bonds. The first kappa shape index (κ1) is 12.1. The van der Waals surface area contributed by atoms with Crippen LogP contribution in [0.1, 0.15) is 17.4 Å². The molecule has 0 atom stereocenters. The Kier molecular flexibility index (Phi) is 3.49. The Labute approximate surface area is 109 Å². The van der Waals surface area contributed by atoms with Gasteiger partial charge in [0.2, 0.25) is 11.6 Å². The molecule has 2 aromatic rings. The van der Waals surface area contributed by atoms with E-state index in [9.17, 15) is 4.79 Å². The summed E-state index contributed by atoms with van der Waals surface area (Å²) in [6, 6.07) is 1.80. The molecule has 2 heterocycles. The number of hydrogen-bond donors (Lipinski definition) is 1. The first-order valence-corrected chi connectivity index (χ1v) is 6.40. The predicted molar refractivity (Wildman–Crippen MR) is 65.6 cm³/mol. The summed E-state index contributed by atoms with van der Waals surface area (Å²) in [5, 5.41) is 10.8. The molecule has 0 bridgehead atoms. The van der Waals surface area contributed by atoms with Crippen molar-refractivity contribution in [2.24, 2.45) is 0 Å². The van der Waals surface area contributed by atoms with Gasteiger partial charge in [0.1, 0.15) is 0 Å². The van der Waals surface area contributed by atoms with Crippen LogP contribution in [0.2, 0.25) is 0 Å². The fourth-order valence-electron chi connectivity index (χ4n) is 1.22. The zero-order valence-corrected chi connectivity index (χ0v) is 11.2. The molecule has 1 N–H and O–H groups in total. The van der Waals surface area contributed by atoms with Crippen LogP contribution < -0.4 is 4.74 Å². The van der Waals surface area contributed by atoms with Gasteiger partial charge in [0.25, 0.3) is 0 Å². The highest BCUT2D eigenvalue weighted by atomic mass is 79.9. The van der Waals surface area contributed by atoms with Crippen molar-refractivity contribution >= 4 is 33.2 Å². The fraction of sp³-hybridized carbons (Fsp3) is 0.200. The molecular formula is C10H8BrNO4S. The fourth-order valence-corrected chi connectivity index (χ4v) is 2.35. The van der Waals surface area contributed by atoms with Gasteiger partial charge in [-0.2, -0.15) is 4.98 Å². The quantitative estimate of drug-likeness (QED) is 0.937. The van der Waals surface area contributed by atoms with Gasteiger partial charge in [0, 0.05) is 10.9 Å². The van der Waals surface area contributed by atoms with E-state index in [1.807, 2.05) is 5.38 Å². The average Bonchev–Trinajstić information content (AvgIpc) is 2.85. The summed E-state index contributed by atoms with van der Waals surface area (Å²) in [5.74, 6) is -0.983. The zero-order valence-electron chi connectivity index (χ0n) is 8.77. The number of thiophene rings is 1. The molecule has 0 aliphatic carbocycles. The number of carboxylic acid groups (broad SMARTS) is 1. The lowest BCUT2D eigenvalue weighted by Gasteiger charge is -1.96. The molecule has 0 aromatic carbocycles. The van der Waals surface area contributed by atoms with E-state index in [-0.39, 0.29) is 17.5 Å². The van der Waals surface area contributed by atoms with Gasteiger partial charge >= 0.3 is 11.9 Å². The van der Waals surface area contributed by atoms with Crippen LogP contribution in [0.5, 0.6) is 5.95 Å². The lowest BCUT2D eigenvalue weighted by atomic mass is 10.3. The molecule has 7 heteroatoms. The molecule has 2 aromatic heterocycles. The van der Waals surface area contributed by atoms with Crippen LogP contribution in [0.25, 0.3) is 11.5 Å². The van der Waals surface area contributed by atoms with Crippen molar-refractivity contribution < 1.29 is 19.1 Å². The van der Waals surface area contributed by atoms with Gasteiger partial charge < -0.3 is 14.3 Å². The highest BCUT2D eigenvalue weighted by Gasteiger charge is 2.22. The molecule has 0 fully saturated rings. The number of hydrogen-bond acceptors (Lipinski definition) is 5. The van der Waals surface area contributed by atoms with E-state index in [1.54, 1.807) is 13.0 Å². The van der Waals surface area contributed by atoms with E-state index < -0.39 is 5.97 Å². The van der Waals surface area contributed by atoms with E-state index >= 15 is 0 Å². The Morgan fingerprint density at radius 3 is 3.00 bits per heavy atom. The Bertz CT molecular complexity index is 548. The molecule has 0 spiro atoms. The number of rotatable bonds is 4. The summed E-state index contributed by atoms with van der Waals surface area (Å²) >= 11 is 4.78. The first-order chi connectivity index (χ1) is 8.11. The minimum Gasteiger partial charge on any atom is -0.476 e. The van der Waals surface area contributed by atoms with Crippen molar-refractivity contribution in [2.75, 3.05) is 6.61 Å². The summed E-state index contributed by atoms with van der Waals surface area (Å²) in [7, 11) is 0. The van der Waals surface area contributed by atoms with Crippen LogP contribution in [0.4, 0.5) is 0 Å². The number of aromatic nitrogens is 1. The Hall–Kier alpha value is -1.34. The van der Waals surface area contributed by atoms with Crippen LogP contribution in [-0.4, -0.2) is 22.7 Å². The number of nitrogens with zero attached hydrogens (tertiary/aromatic N) is 1. The van der Waals surface area contributed by atoms with Gasteiger partial charge in [0.05, 0.1) is 10.4 Å². The smallest absolute Gasteiger partial charge is 0.362 e. The third-order valence-corrected chi connectivity index (χ3v) is 3.39. The molecule has 0 radical (unpaired) electrons. The summed E-state index contributed by atoms with van der Waals surface area (Å²) in [5.41, 5.74) is 0.513. The lowest BCUT2D eigenvalue weighted by Crippen LogP contribution is -2.01. The number of oxazole rings is 1. The van der Waals surface area contributed by atoms with Crippen molar-refractivity contribution in [3.63, 3.8) is 0 Å². The van der Waals surface area contributed by atoms with Gasteiger partial charge in [-0.25, -0.2) is 4.79 Å². The molecule has 5 nitrogen and oxygen atoms in total. The minimum atomic E-state index is -1.17. The van der Waals surface area contributed by atoms with E-state index in [0.717, 1.165) is 9.35 Å². The molecule has 0 aliphatic rings. The third kappa shape index (κ3) is 2.50. The van der Waals surface area contributed by atoms with Crippen LogP contribution in [0.3, 0.4) is 0 Å². The molecule has 2 rings (SSSR count). The lowest BCUT2D eigenvalue weighted by molar-refractivity contribution is 0.0683. The van der Waals surface area contributed by atoms with Crippen molar-refractivity contribution in [3.8, 4) is 17.4 Å². The van der Waals surface area contributed by atoms with Crippen LogP contribution >= 0.6 is 27.3 Å². The highest BCUT2D eigenvalue weighted by molar-refractivity contribution is 9.11. The maximum Gasteiger partial charge on any atom is 0.362 e.